The maximum atomic E-state index is 13.5. The summed E-state index contributed by atoms with van der Waals surface area (Å²) < 4.78 is 18.9. The quantitative estimate of drug-likeness (QED) is 0.236. The minimum Gasteiger partial charge on any atom is -0.444 e. The first-order valence-corrected chi connectivity index (χ1v) is 11.7. The number of rotatable bonds is 9. The zero-order valence-corrected chi connectivity index (χ0v) is 20.4. The zero-order valence-electron chi connectivity index (χ0n) is 20.4. The van der Waals surface area contributed by atoms with Crippen molar-refractivity contribution in [3.63, 3.8) is 0 Å². The highest BCUT2D eigenvalue weighted by Crippen LogP contribution is 2.26. The van der Waals surface area contributed by atoms with E-state index in [0.717, 1.165) is 29.8 Å². The number of carbonyl (C=O) groups excluding carboxylic acids is 1. The first-order valence-electron chi connectivity index (χ1n) is 11.7. The van der Waals surface area contributed by atoms with Crippen LogP contribution in [0.1, 0.15) is 56.5 Å². The Kier molecular flexibility index (Phi) is 9.34. The predicted molar refractivity (Wildman–Crippen MR) is 134 cm³/mol. The molecule has 3 aromatic rings. The highest BCUT2D eigenvalue weighted by molar-refractivity contribution is 5.94. The average molecular weight is 481 g/mol. The molecule has 3 N–H and O–H groups in total. The van der Waals surface area contributed by atoms with Gasteiger partial charge in [0.1, 0.15) is 11.4 Å². The SMILES string of the molecule is CC(C)(C)OC(=O)NC(=NCCCc1cnc[nH]1)NCCC(c1ccc(F)cc1)c1ccccn1. The van der Waals surface area contributed by atoms with E-state index in [9.17, 15) is 9.18 Å². The van der Waals surface area contributed by atoms with Gasteiger partial charge in [-0.1, -0.05) is 18.2 Å². The van der Waals surface area contributed by atoms with Crippen molar-refractivity contribution in [3.05, 3.63) is 84.0 Å². The molecule has 1 atom stereocenters. The number of aromatic nitrogens is 3. The van der Waals surface area contributed by atoms with Crippen molar-refractivity contribution in [1.82, 2.24) is 25.6 Å². The number of halogens is 1. The Morgan fingerprint density at radius 2 is 2.00 bits per heavy atom. The number of hydrogen-bond donors (Lipinski definition) is 3. The van der Waals surface area contributed by atoms with Gasteiger partial charge in [0.05, 0.1) is 6.33 Å². The summed E-state index contributed by atoms with van der Waals surface area (Å²) in [5, 5.41) is 5.95. The fourth-order valence-corrected chi connectivity index (χ4v) is 3.52. The molecule has 1 amide bonds. The van der Waals surface area contributed by atoms with Gasteiger partial charge in [0, 0.05) is 42.8 Å². The van der Waals surface area contributed by atoms with Gasteiger partial charge >= 0.3 is 6.09 Å². The summed E-state index contributed by atoms with van der Waals surface area (Å²) in [6.07, 6.45) is 6.86. The van der Waals surface area contributed by atoms with Crippen LogP contribution in [0.4, 0.5) is 9.18 Å². The second kappa shape index (κ2) is 12.6. The summed E-state index contributed by atoms with van der Waals surface area (Å²) >= 11 is 0. The fraction of sp³-hybridized carbons (Fsp3) is 0.385. The molecular weight excluding hydrogens is 447 g/mol. The van der Waals surface area contributed by atoms with E-state index in [1.54, 1.807) is 51.6 Å². The summed E-state index contributed by atoms with van der Waals surface area (Å²) in [6, 6.07) is 12.2. The van der Waals surface area contributed by atoms with E-state index in [2.05, 4.69) is 30.6 Å². The molecule has 0 bridgehead atoms. The number of aromatic amines is 1. The molecule has 0 saturated heterocycles. The fourth-order valence-electron chi connectivity index (χ4n) is 3.52. The molecule has 0 radical (unpaired) electrons. The maximum Gasteiger partial charge on any atom is 0.414 e. The Morgan fingerprint density at radius 1 is 1.20 bits per heavy atom. The van der Waals surface area contributed by atoms with Gasteiger partial charge < -0.3 is 15.0 Å². The van der Waals surface area contributed by atoms with Gasteiger partial charge in [0.15, 0.2) is 0 Å². The topological polar surface area (TPSA) is 104 Å². The van der Waals surface area contributed by atoms with Gasteiger partial charge in [-0.3, -0.25) is 15.3 Å². The lowest BCUT2D eigenvalue weighted by Gasteiger charge is -2.21. The number of alkyl carbamates (subject to hydrolysis) is 1. The number of hydrogen-bond acceptors (Lipinski definition) is 5. The van der Waals surface area contributed by atoms with Crippen LogP contribution >= 0.6 is 0 Å². The third-order valence-corrected chi connectivity index (χ3v) is 5.09. The monoisotopic (exact) mass is 480 g/mol. The molecule has 1 unspecified atom stereocenters. The number of amides is 1. The maximum absolute atomic E-state index is 13.5. The van der Waals surface area contributed by atoms with Gasteiger partial charge in [-0.2, -0.15) is 0 Å². The minimum absolute atomic E-state index is 0.0487. The number of aliphatic imine (C=N–C) groups is 1. The Balaban J connectivity index is 1.65. The van der Waals surface area contributed by atoms with Crippen LogP contribution in [0.2, 0.25) is 0 Å². The summed E-state index contributed by atoms with van der Waals surface area (Å²) in [6.45, 7) is 6.44. The van der Waals surface area contributed by atoms with Crippen molar-refractivity contribution in [2.75, 3.05) is 13.1 Å². The molecule has 8 nitrogen and oxygen atoms in total. The summed E-state index contributed by atoms with van der Waals surface area (Å²) in [5.41, 5.74) is 2.26. The molecule has 0 aliphatic carbocycles. The van der Waals surface area contributed by atoms with E-state index >= 15 is 0 Å². The van der Waals surface area contributed by atoms with E-state index < -0.39 is 11.7 Å². The lowest BCUT2D eigenvalue weighted by molar-refractivity contribution is 0.0561. The molecule has 0 fully saturated rings. The average Bonchev–Trinajstić information content (AvgIpc) is 3.33. The first kappa shape index (κ1) is 25.9. The third kappa shape index (κ3) is 9.19. The third-order valence-electron chi connectivity index (χ3n) is 5.09. The van der Waals surface area contributed by atoms with Gasteiger partial charge in [0.25, 0.3) is 0 Å². The van der Waals surface area contributed by atoms with E-state index in [1.165, 1.54) is 12.1 Å². The highest BCUT2D eigenvalue weighted by Gasteiger charge is 2.19. The molecule has 2 heterocycles. The van der Waals surface area contributed by atoms with Gasteiger partial charge in [-0.25, -0.2) is 14.2 Å². The predicted octanol–water partition coefficient (Wildman–Crippen LogP) is 4.57. The second-order valence-electron chi connectivity index (χ2n) is 9.11. The highest BCUT2D eigenvalue weighted by atomic mass is 19.1. The van der Waals surface area contributed by atoms with E-state index in [0.29, 0.717) is 25.5 Å². The smallest absolute Gasteiger partial charge is 0.414 e. The number of pyridine rings is 1. The summed E-state index contributed by atoms with van der Waals surface area (Å²) in [4.78, 5) is 28.5. The molecule has 0 saturated carbocycles. The summed E-state index contributed by atoms with van der Waals surface area (Å²) in [7, 11) is 0. The van der Waals surface area contributed by atoms with Crippen LogP contribution in [-0.2, 0) is 11.2 Å². The number of H-pyrrole nitrogens is 1. The van der Waals surface area contributed by atoms with E-state index in [-0.39, 0.29) is 11.7 Å². The number of nitrogens with zero attached hydrogens (tertiary/aromatic N) is 3. The van der Waals surface area contributed by atoms with Gasteiger partial charge in [-0.05, 0) is 69.9 Å². The Labute approximate surface area is 205 Å². The number of guanidine groups is 1. The van der Waals surface area contributed by atoms with E-state index in [1.807, 2.05) is 18.2 Å². The lowest BCUT2D eigenvalue weighted by atomic mass is 9.92. The Morgan fingerprint density at radius 3 is 2.66 bits per heavy atom. The normalized spacial score (nSPS) is 12.7. The zero-order chi connectivity index (χ0) is 25.1. The Hall–Kier alpha value is -3.75. The second-order valence-corrected chi connectivity index (χ2v) is 9.11. The van der Waals surface area contributed by atoms with Crippen LogP contribution in [-0.4, -0.2) is 45.7 Å². The van der Waals surface area contributed by atoms with Crippen molar-refractivity contribution in [2.24, 2.45) is 4.99 Å². The molecule has 1 aromatic carbocycles. The number of ether oxygens (including phenoxy) is 1. The molecule has 2 aromatic heterocycles. The minimum atomic E-state index is -0.623. The largest absolute Gasteiger partial charge is 0.444 e. The van der Waals surface area contributed by atoms with Gasteiger partial charge in [-0.15, -0.1) is 0 Å². The van der Waals surface area contributed by atoms with Gasteiger partial charge in [0.2, 0.25) is 5.96 Å². The number of imidazole rings is 1. The van der Waals surface area contributed by atoms with Crippen molar-refractivity contribution in [2.45, 2.75) is 51.6 Å². The molecule has 186 valence electrons. The van der Waals surface area contributed by atoms with E-state index in [4.69, 9.17) is 4.74 Å². The van der Waals surface area contributed by atoms with Crippen LogP contribution in [0.5, 0.6) is 0 Å². The van der Waals surface area contributed by atoms with Crippen LogP contribution in [0.25, 0.3) is 0 Å². The number of aryl methyl sites for hydroxylation is 1. The lowest BCUT2D eigenvalue weighted by Crippen LogP contribution is -2.44. The van der Waals surface area contributed by atoms with Crippen molar-refractivity contribution in [1.29, 1.82) is 0 Å². The molecule has 0 aliphatic rings. The van der Waals surface area contributed by atoms with Crippen molar-refractivity contribution in [3.8, 4) is 0 Å². The molecule has 35 heavy (non-hydrogen) atoms. The van der Waals surface area contributed by atoms with Crippen LogP contribution < -0.4 is 10.6 Å². The van der Waals surface area contributed by atoms with Crippen molar-refractivity contribution < 1.29 is 13.9 Å². The molecule has 0 spiro atoms. The first-order chi connectivity index (χ1) is 16.8. The standard InChI is InChI=1S/C26H33FN6O2/c1-26(2,3)35-25(34)33-24(30-15-6-7-21-17-28-18-32-21)31-16-13-22(23-8-4-5-14-29-23)19-9-11-20(27)12-10-19/h4-5,8-12,14,17-18,22H,6-7,13,15-16H2,1-3H3,(H,28,32)(H2,30,31,33,34). The van der Waals surface area contributed by atoms with Crippen molar-refractivity contribution >= 4 is 12.1 Å². The number of nitrogens with one attached hydrogen (secondary N) is 3. The number of carbonyl (C=O) groups is 1. The molecular formula is C26H33FN6O2. The summed E-state index contributed by atoms with van der Waals surface area (Å²) in [5.74, 6) is 0.0212. The van der Waals surface area contributed by atoms with Crippen LogP contribution in [0.3, 0.4) is 0 Å². The number of benzene rings is 1. The molecule has 3 rings (SSSR count). The molecule has 0 aliphatic heterocycles. The van der Waals surface area contributed by atoms with Crippen LogP contribution in [0.15, 0.2) is 66.2 Å². The molecule has 9 heteroatoms. The Bertz CT molecular complexity index is 1060. The van der Waals surface area contributed by atoms with Crippen LogP contribution in [0, 0.1) is 5.82 Å².